The number of carbonyl (C=O) groups excluding carboxylic acids is 1. The molecule has 0 amide bonds. The normalized spacial score (nSPS) is 19.3. The maximum Gasteiger partial charge on any atom is 0.310 e. The van der Waals surface area contributed by atoms with Gasteiger partial charge in [0.2, 0.25) is 5.88 Å². The van der Waals surface area contributed by atoms with E-state index in [-0.39, 0.29) is 29.8 Å². The second-order valence-electron chi connectivity index (χ2n) is 8.34. The van der Waals surface area contributed by atoms with Crippen LogP contribution in [0.3, 0.4) is 0 Å². The van der Waals surface area contributed by atoms with E-state index in [0.29, 0.717) is 27.4 Å². The number of hydrogen-bond acceptors (Lipinski definition) is 4. The summed E-state index contributed by atoms with van der Waals surface area (Å²) in [5.41, 5.74) is 1.26. The number of pyridine rings is 1. The van der Waals surface area contributed by atoms with E-state index in [2.05, 4.69) is 4.98 Å². The molecule has 4 rings (SSSR count). The number of esters is 1. The highest BCUT2D eigenvalue weighted by Gasteiger charge is 2.61. The van der Waals surface area contributed by atoms with Gasteiger partial charge in [0.1, 0.15) is 12.4 Å². The van der Waals surface area contributed by atoms with Crippen molar-refractivity contribution in [3.8, 4) is 11.6 Å². The summed E-state index contributed by atoms with van der Waals surface area (Å²) in [5.74, 6) is 0.632. The zero-order valence-electron chi connectivity index (χ0n) is 17.8. The fourth-order valence-corrected chi connectivity index (χ4v) is 4.13. The lowest BCUT2D eigenvalue weighted by molar-refractivity contribution is -0.147. The van der Waals surface area contributed by atoms with Gasteiger partial charge in [0.25, 0.3) is 0 Å². The molecule has 164 valence electrons. The molecule has 0 radical (unpaired) electrons. The first-order valence-corrected chi connectivity index (χ1v) is 11.1. The van der Waals surface area contributed by atoms with Gasteiger partial charge in [-0.15, -0.1) is 0 Å². The predicted molar refractivity (Wildman–Crippen MR) is 127 cm³/mol. The van der Waals surface area contributed by atoms with Gasteiger partial charge in [-0.3, -0.25) is 4.79 Å². The van der Waals surface area contributed by atoms with Crippen molar-refractivity contribution in [2.45, 2.75) is 20.5 Å². The average Bonchev–Trinajstić information content (AvgIpc) is 3.33. The molecule has 1 aromatic heterocycles. The van der Waals surface area contributed by atoms with Crippen molar-refractivity contribution in [3.63, 3.8) is 0 Å². The van der Waals surface area contributed by atoms with E-state index in [0.717, 1.165) is 5.56 Å². The molecule has 0 saturated heterocycles. The molecular formula is C26H23Cl2NO3. The molecule has 0 spiro atoms. The molecule has 1 fully saturated rings. The Hall–Kier alpha value is -2.82. The molecule has 2 unspecified atom stereocenters. The summed E-state index contributed by atoms with van der Waals surface area (Å²) < 4.78 is 11.3. The number of rotatable bonds is 7. The van der Waals surface area contributed by atoms with Crippen LogP contribution in [0.25, 0.3) is 5.03 Å². The van der Waals surface area contributed by atoms with E-state index in [1.54, 1.807) is 24.3 Å². The van der Waals surface area contributed by atoms with Gasteiger partial charge in [0.05, 0.1) is 11.6 Å². The molecule has 2 atom stereocenters. The van der Waals surface area contributed by atoms with Crippen LogP contribution in [0.15, 0.2) is 78.9 Å². The third kappa shape index (κ3) is 5.14. The lowest BCUT2D eigenvalue weighted by Crippen LogP contribution is -2.11. The molecule has 2 aromatic carbocycles. The largest absolute Gasteiger partial charge is 0.459 e. The third-order valence-corrected chi connectivity index (χ3v) is 6.32. The van der Waals surface area contributed by atoms with E-state index in [9.17, 15) is 4.79 Å². The fourth-order valence-electron chi connectivity index (χ4n) is 3.74. The SMILES string of the molecule is CC1(C)C(C=C(Cl)c2ccc(Cl)cc2)C1C(=O)OCc1cccc(Oc2ccccc2)n1. The summed E-state index contributed by atoms with van der Waals surface area (Å²) in [6.07, 6.45) is 1.93. The number of nitrogens with zero attached hydrogens (tertiary/aromatic N) is 1. The Morgan fingerprint density at radius 1 is 1.03 bits per heavy atom. The van der Waals surface area contributed by atoms with Crippen LogP contribution in [0.2, 0.25) is 5.02 Å². The first-order chi connectivity index (χ1) is 15.3. The van der Waals surface area contributed by atoms with Gasteiger partial charge in [-0.05, 0) is 47.2 Å². The second-order valence-corrected chi connectivity index (χ2v) is 9.18. The molecule has 32 heavy (non-hydrogen) atoms. The van der Waals surface area contributed by atoms with Crippen LogP contribution in [0.5, 0.6) is 11.6 Å². The lowest BCUT2D eigenvalue weighted by Gasteiger charge is -2.08. The van der Waals surface area contributed by atoms with Crippen LogP contribution in [0.4, 0.5) is 0 Å². The van der Waals surface area contributed by atoms with Gasteiger partial charge in [0, 0.05) is 16.1 Å². The maximum absolute atomic E-state index is 12.8. The zero-order valence-corrected chi connectivity index (χ0v) is 19.3. The molecule has 0 aliphatic heterocycles. The number of aromatic nitrogens is 1. The maximum atomic E-state index is 12.8. The molecular weight excluding hydrogens is 445 g/mol. The Bertz CT molecular complexity index is 1130. The molecule has 3 aromatic rings. The quantitative estimate of drug-likeness (QED) is 0.347. The number of para-hydroxylation sites is 1. The Kier molecular flexibility index (Phi) is 6.54. The number of carbonyl (C=O) groups is 1. The van der Waals surface area contributed by atoms with E-state index >= 15 is 0 Å². The number of allylic oxidation sites excluding steroid dienone is 1. The van der Waals surface area contributed by atoms with Crippen LogP contribution >= 0.6 is 23.2 Å². The summed E-state index contributed by atoms with van der Waals surface area (Å²) in [4.78, 5) is 17.2. The summed E-state index contributed by atoms with van der Waals surface area (Å²) in [7, 11) is 0. The minimum Gasteiger partial charge on any atom is -0.459 e. The first kappa shape index (κ1) is 22.4. The van der Waals surface area contributed by atoms with Crippen molar-refractivity contribution < 1.29 is 14.3 Å². The Morgan fingerprint density at radius 2 is 1.75 bits per heavy atom. The molecule has 1 aliphatic rings. The summed E-state index contributed by atoms with van der Waals surface area (Å²) in [5, 5.41) is 1.25. The van der Waals surface area contributed by atoms with Crippen LogP contribution in [0.1, 0.15) is 25.1 Å². The second kappa shape index (κ2) is 9.35. The van der Waals surface area contributed by atoms with Crippen molar-refractivity contribution in [1.29, 1.82) is 0 Å². The fraction of sp³-hybridized carbons (Fsp3) is 0.231. The number of ether oxygens (including phenoxy) is 2. The third-order valence-electron chi connectivity index (χ3n) is 5.72. The van der Waals surface area contributed by atoms with Crippen LogP contribution in [0, 0.1) is 17.3 Å². The van der Waals surface area contributed by atoms with Crippen LogP contribution in [-0.4, -0.2) is 11.0 Å². The standard InChI is InChI=1S/C26H23Cl2NO3/c1-26(2)21(15-22(28)17-11-13-18(27)14-12-17)24(26)25(30)31-16-19-7-6-10-23(29-19)32-20-8-4-3-5-9-20/h3-15,21,24H,16H2,1-2H3. The van der Waals surface area contributed by atoms with Gasteiger partial charge >= 0.3 is 5.97 Å². The van der Waals surface area contributed by atoms with Gasteiger partial charge in [-0.25, -0.2) is 4.98 Å². The topological polar surface area (TPSA) is 48.4 Å². The Morgan fingerprint density at radius 3 is 2.47 bits per heavy atom. The smallest absolute Gasteiger partial charge is 0.310 e. The van der Waals surface area contributed by atoms with Crippen molar-refractivity contribution in [2.24, 2.45) is 17.3 Å². The van der Waals surface area contributed by atoms with E-state index in [1.165, 1.54) is 0 Å². The molecule has 0 bridgehead atoms. The molecule has 1 aliphatic carbocycles. The lowest BCUT2D eigenvalue weighted by atomic mass is 10.1. The zero-order chi connectivity index (χ0) is 22.7. The summed E-state index contributed by atoms with van der Waals surface area (Å²) >= 11 is 12.4. The number of halogens is 2. The highest BCUT2D eigenvalue weighted by molar-refractivity contribution is 6.48. The molecule has 6 heteroatoms. The highest BCUT2D eigenvalue weighted by atomic mass is 35.5. The number of hydrogen-bond donors (Lipinski definition) is 0. The van der Waals surface area contributed by atoms with Gasteiger partial charge in [-0.1, -0.05) is 79.5 Å². The average molecular weight is 468 g/mol. The van der Waals surface area contributed by atoms with Crippen LogP contribution in [-0.2, 0) is 16.1 Å². The predicted octanol–water partition coefficient (Wildman–Crippen LogP) is 7.12. The molecule has 1 heterocycles. The van der Waals surface area contributed by atoms with Gasteiger partial charge in [0.15, 0.2) is 0 Å². The minimum atomic E-state index is -0.257. The Balaban J connectivity index is 1.37. The first-order valence-electron chi connectivity index (χ1n) is 10.3. The molecule has 0 N–H and O–H groups in total. The summed E-state index contributed by atoms with van der Waals surface area (Å²) in [6.45, 7) is 4.16. The van der Waals surface area contributed by atoms with Crippen LogP contribution < -0.4 is 4.74 Å². The van der Waals surface area contributed by atoms with E-state index < -0.39 is 0 Å². The van der Waals surface area contributed by atoms with E-state index in [4.69, 9.17) is 32.7 Å². The Labute approximate surface area is 197 Å². The highest BCUT2D eigenvalue weighted by Crippen LogP contribution is 2.60. The van der Waals surface area contributed by atoms with Crippen molar-refractivity contribution in [1.82, 2.24) is 4.98 Å². The van der Waals surface area contributed by atoms with Crippen molar-refractivity contribution in [2.75, 3.05) is 0 Å². The van der Waals surface area contributed by atoms with Gasteiger partial charge in [-0.2, -0.15) is 0 Å². The monoisotopic (exact) mass is 467 g/mol. The van der Waals surface area contributed by atoms with Crippen molar-refractivity contribution >= 4 is 34.2 Å². The molecule has 4 nitrogen and oxygen atoms in total. The minimum absolute atomic E-state index is 0.00103. The summed E-state index contributed by atoms with van der Waals surface area (Å²) in [6, 6.07) is 22.1. The number of benzene rings is 2. The van der Waals surface area contributed by atoms with Gasteiger partial charge < -0.3 is 9.47 Å². The van der Waals surface area contributed by atoms with Crippen molar-refractivity contribution in [3.05, 3.63) is 95.2 Å². The van der Waals surface area contributed by atoms with E-state index in [1.807, 2.05) is 68.5 Å². The molecule has 1 saturated carbocycles.